The second kappa shape index (κ2) is 4.57. The second-order valence-electron chi connectivity index (χ2n) is 5.25. The van der Waals surface area contributed by atoms with Crippen molar-refractivity contribution < 1.29 is 8.78 Å². The van der Waals surface area contributed by atoms with E-state index in [0.29, 0.717) is 19.1 Å². The topological polar surface area (TPSA) is 3.24 Å². The van der Waals surface area contributed by atoms with Gasteiger partial charge in [-0.25, -0.2) is 8.78 Å². The van der Waals surface area contributed by atoms with Crippen molar-refractivity contribution in [1.29, 1.82) is 0 Å². The number of alkyl halides is 2. The highest BCUT2D eigenvalue weighted by Crippen LogP contribution is 2.41. The van der Waals surface area contributed by atoms with Crippen LogP contribution in [0.3, 0.4) is 0 Å². The summed E-state index contributed by atoms with van der Waals surface area (Å²) in [5.41, 5.74) is 2.69. The summed E-state index contributed by atoms with van der Waals surface area (Å²) in [6.07, 6.45) is 2.12. The highest BCUT2D eigenvalue weighted by Gasteiger charge is 2.38. The number of nitrogens with zero attached hydrogens (tertiary/aromatic N) is 1. The van der Waals surface area contributed by atoms with Crippen molar-refractivity contribution in [3.8, 4) is 0 Å². The Morgan fingerprint density at radius 1 is 1.22 bits per heavy atom. The zero-order valence-corrected chi connectivity index (χ0v) is 11.7. The largest absolute Gasteiger partial charge is 0.296 e. The smallest absolute Gasteiger partial charge is 0.250 e. The van der Waals surface area contributed by atoms with Gasteiger partial charge < -0.3 is 0 Å². The van der Waals surface area contributed by atoms with Crippen LogP contribution in [-0.2, 0) is 6.42 Å². The Kier molecular flexibility index (Phi) is 3.18. The molecule has 18 heavy (non-hydrogen) atoms. The summed E-state index contributed by atoms with van der Waals surface area (Å²) >= 11 is 3.58. The number of piperidine rings is 1. The molecule has 3 rings (SSSR count). The molecule has 1 saturated heterocycles. The monoisotopic (exact) mass is 315 g/mol. The first-order chi connectivity index (χ1) is 8.57. The molecular formula is C14H16BrF2N. The molecule has 0 N–H and O–H groups in total. The van der Waals surface area contributed by atoms with Crippen LogP contribution in [0.1, 0.15) is 36.4 Å². The fourth-order valence-electron chi connectivity index (χ4n) is 3.13. The minimum atomic E-state index is -2.45. The molecule has 98 valence electrons. The van der Waals surface area contributed by atoms with E-state index < -0.39 is 5.92 Å². The van der Waals surface area contributed by atoms with E-state index in [0.717, 1.165) is 17.3 Å². The molecule has 1 aromatic carbocycles. The Hall–Kier alpha value is -0.480. The van der Waals surface area contributed by atoms with E-state index in [1.165, 1.54) is 11.1 Å². The average Bonchev–Trinajstić information content (AvgIpc) is 2.74. The van der Waals surface area contributed by atoms with Crippen LogP contribution in [0.25, 0.3) is 0 Å². The van der Waals surface area contributed by atoms with Gasteiger partial charge >= 0.3 is 0 Å². The minimum Gasteiger partial charge on any atom is -0.296 e. The lowest BCUT2D eigenvalue weighted by Crippen LogP contribution is -2.40. The Balaban J connectivity index is 1.79. The number of fused-ring (bicyclic) bond motifs is 1. The highest BCUT2D eigenvalue weighted by molar-refractivity contribution is 9.10. The van der Waals surface area contributed by atoms with E-state index in [1.807, 2.05) is 6.07 Å². The average molecular weight is 316 g/mol. The first-order valence-electron chi connectivity index (χ1n) is 6.46. The van der Waals surface area contributed by atoms with Gasteiger partial charge in [-0.1, -0.05) is 28.1 Å². The zero-order valence-electron chi connectivity index (χ0n) is 10.1. The third-order valence-electron chi connectivity index (χ3n) is 4.15. The van der Waals surface area contributed by atoms with Crippen LogP contribution in [0.4, 0.5) is 8.78 Å². The second-order valence-corrected chi connectivity index (χ2v) is 6.11. The fourth-order valence-corrected chi connectivity index (χ4v) is 3.71. The van der Waals surface area contributed by atoms with Crippen LogP contribution in [0.5, 0.6) is 0 Å². The number of halogens is 3. The molecule has 1 aromatic rings. The standard InChI is InChI=1S/C14H16BrF2N/c15-12-3-1-2-11-10(12)4-5-13(11)18-8-6-14(16,17)7-9-18/h1-3,13H,4-9H2. The summed E-state index contributed by atoms with van der Waals surface area (Å²) in [4.78, 5) is 2.23. The van der Waals surface area contributed by atoms with Crippen LogP contribution in [0.2, 0.25) is 0 Å². The van der Waals surface area contributed by atoms with Gasteiger partial charge in [-0.3, -0.25) is 4.90 Å². The molecule has 2 aliphatic rings. The Labute approximate surface area is 114 Å². The molecule has 1 aliphatic carbocycles. The third kappa shape index (κ3) is 2.21. The maximum absolute atomic E-state index is 13.2. The van der Waals surface area contributed by atoms with Crippen LogP contribution in [0, 0.1) is 0 Å². The molecule has 4 heteroatoms. The van der Waals surface area contributed by atoms with Gasteiger partial charge in [-0.15, -0.1) is 0 Å². The molecular weight excluding hydrogens is 300 g/mol. The normalized spacial score (nSPS) is 27.2. The van der Waals surface area contributed by atoms with Crippen LogP contribution in [-0.4, -0.2) is 23.9 Å². The zero-order chi connectivity index (χ0) is 12.8. The molecule has 0 aromatic heterocycles. The fraction of sp³-hybridized carbons (Fsp3) is 0.571. The first kappa shape index (κ1) is 12.5. The van der Waals surface area contributed by atoms with Gasteiger partial charge in [0.25, 0.3) is 5.92 Å². The van der Waals surface area contributed by atoms with E-state index >= 15 is 0 Å². The van der Waals surface area contributed by atoms with Crippen molar-refractivity contribution in [3.63, 3.8) is 0 Å². The Bertz CT molecular complexity index is 451. The Morgan fingerprint density at radius 2 is 1.94 bits per heavy atom. The molecule has 0 spiro atoms. The molecule has 1 heterocycles. The van der Waals surface area contributed by atoms with Crippen molar-refractivity contribution in [2.75, 3.05) is 13.1 Å². The van der Waals surface area contributed by atoms with Gasteiger partial charge in [0.1, 0.15) is 0 Å². The molecule has 0 amide bonds. The van der Waals surface area contributed by atoms with Crippen molar-refractivity contribution in [3.05, 3.63) is 33.8 Å². The maximum Gasteiger partial charge on any atom is 0.250 e. The van der Waals surface area contributed by atoms with E-state index in [4.69, 9.17) is 0 Å². The van der Waals surface area contributed by atoms with Crippen molar-refractivity contribution in [2.24, 2.45) is 0 Å². The first-order valence-corrected chi connectivity index (χ1v) is 7.25. The molecule has 1 unspecified atom stereocenters. The van der Waals surface area contributed by atoms with Gasteiger partial charge in [0.2, 0.25) is 0 Å². The summed E-state index contributed by atoms with van der Waals surface area (Å²) in [6, 6.07) is 6.59. The molecule has 1 aliphatic heterocycles. The SMILES string of the molecule is FC1(F)CCN(C2CCc3c(Br)cccc32)CC1. The van der Waals surface area contributed by atoms with E-state index in [2.05, 4.69) is 33.0 Å². The van der Waals surface area contributed by atoms with Crippen LogP contribution < -0.4 is 0 Å². The molecule has 1 nitrogen and oxygen atoms in total. The maximum atomic E-state index is 13.2. The van der Waals surface area contributed by atoms with Gasteiger partial charge in [0.05, 0.1) is 0 Å². The predicted octanol–water partition coefficient (Wildman–Crippen LogP) is 4.17. The number of benzene rings is 1. The lowest BCUT2D eigenvalue weighted by molar-refractivity contribution is -0.0632. The molecule has 1 atom stereocenters. The molecule has 1 fully saturated rings. The van der Waals surface area contributed by atoms with Gasteiger partial charge in [-0.05, 0) is 30.0 Å². The third-order valence-corrected chi connectivity index (χ3v) is 4.90. The van der Waals surface area contributed by atoms with E-state index in [-0.39, 0.29) is 12.8 Å². The minimum absolute atomic E-state index is 0.00678. The lowest BCUT2D eigenvalue weighted by atomic mass is 10.0. The predicted molar refractivity (Wildman–Crippen MR) is 71.0 cm³/mol. The quantitative estimate of drug-likeness (QED) is 0.752. The van der Waals surface area contributed by atoms with Crippen LogP contribution in [0.15, 0.2) is 22.7 Å². The number of rotatable bonds is 1. The van der Waals surface area contributed by atoms with Gasteiger partial charge in [0.15, 0.2) is 0 Å². The van der Waals surface area contributed by atoms with Gasteiger partial charge in [-0.2, -0.15) is 0 Å². The molecule has 0 radical (unpaired) electrons. The number of likely N-dealkylation sites (tertiary alicyclic amines) is 1. The number of hydrogen-bond acceptors (Lipinski definition) is 1. The van der Waals surface area contributed by atoms with E-state index in [1.54, 1.807) is 0 Å². The van der Waals surface area contributed by atoms with E-state index in [9.17, 15) is 8.78 Å². The highest BCUT2D eigenvalue weighted by atomic mass is 79.9. The van der Waals surface area contributed by atoms with Crippen molar-refractivity contribution in [2.45, 2.75) is 37.6 Å². The van der Waals surface area contributed by atoms with Crippen LogP contribution >= 0.6 is 15.9 Å². The summed E-state index contributed by atoms with van der Waals surface area (Å²) in [5.74, 6) is -2.45. The Morgan fingerprint density at radius 3 is 2.67 bits per heavy atom. The summed E-state index contributed by atoms with van der Waals surface area (Å²) in [6.45, 7) is 1.03. The van der Waals surface area contributed by atoms with Crippen molar-refractivity contribution >= 4 is 15.9 Å². The summed E-state index contributed by atoms with van der Waals surface area (Å²) in [7, 11) is 0. The van der Waals surface area contributed by atoms with Crippen molar-refractivity contribution in [1.82, 2.24) is 4.90 Å². The molecule has 0 bridgehead atoms. The van der Waals surface area contributed by atoms with Gasteiger partial charge in [0, 0.05) is 36.4 Å². The summed E-state index contributed by atoms with van der Waals surface area (Å²) in [5, 5.41) is 0. The molecule has 0 saturated carbocycles. The number of hydrogen-bond donors (Lipinski definition) is 0. The summed E-state index contributed by atoms with van der Waals surface area (Å²) < 4.78 is 27.5. The lowest BCUT2D eigenvalue weighted by Gasteiger charge is -2.36.